The van der Waals surface area contributed by atoms with Crippen molar-refractivity contribution in [1.82, 2.24) is 19.8 Å². The Morgan fingerprint density at radius 2 is 2.17 bits per heavy atom. The third kappa shape index (κ3) is 4.10. The van der Waals surface area contributed by atoms with E-state index in [9.17, 15) is 0 Å². The summed E-state index contributed by atoms with van der Waals surface area (Å²) in [6, 6.07) is 0. The van der Waals surface area contributed by atoms with E-state index in [1.54, 1.807) is 0 Å². The first-order valence-corrected chi connectivity index (χ1v) is 7.15. The predicted molar refractivity (Wildman–Crippen MR) is 74.6 cm³/mol. The second-order valence-corrected chi connectivity index (χ2v) is 5.52. The van der Waals surface area contributed by atoms with Crippen molar-refractivity contribution >= 4 is 0 Å². The zero-order valence-electron chi connectivity index (χ0n) is 11.7. The quantitative estimate of drug-likeness (QED) is 0.740. The molecule has 18 heavy (non-hydrogen) atoms. The van der Waals surface area contributed by atoms with E-state index in [0.717, 1.165) is 31.3 Å². The molecule has 4 heteroatoms. The van der Waals surface area contributed by atoms with Crippen molar-refractivity contribution in [3.05, 3.63) is 18.2 Å². The number of likely N-dealkylation sites (tertiary alicyclic amines) is 1. The zero-order valence-corrected chi connectivity index (χ0v) is 11.7. The molecule has 2 rings (SSSR count). The zero-order chi connectivity index (χ0) is 12.8. The van der Waals surface area contributed by atoms with E-state index in [4.69, 9.17) is 0 Å². The summed E-state index contributed by atoms with van der Waals surface area (Å²) in [6.45, 7) is 8.33. The summed E-state index contributed by atoms with van der Waals surface area (Å²) in [4.78, 5) is 6.92. The monoisotopic (exact) mass is 250 g/mol. The van der Waals surface area contributed by atoms with E-state index in [1.807, 2.05) is 12.4 Å². The molecule has 1 N–H and O–H groups in total. The Bertz CT molecular complexity index is 341. The molecule has 0 spiro atoms. The first kappa shape index (κ1) is 13.6. The summed E-state index contributed by atoms with van der Waals surface area (Å²) in [5.41, 5.74) is 0. The van der Waals surface area contributed by atoms with Crippen LogP contribution in [0.5, 0.6) is 0 Å². The van der Waals surface area contributed by atoms with E-state index < -0.39 is 0 Å². The molecule has 0 aromatic carbocycles. The number of rotatable bonds is 7. The third-order valence-corrected chi connectivity index (χ3v) is 3.71. The first-order valence-electron chi connectivity index (χ1n) is 7.15. The van der Waals surface area contributed by atoms with Gasteiger partial charge in [-0.3, -0.25) is 0 Å². The standard InChI is InChI=1S/C14H26N4/c1-13(12-18-8-3-4-9-18)11-15-6-5-14-16-7-10-17(14)2/h7,10,13,15H,3-6,8-9,11-12H2,1-2H3. The Labute approximate surface area is 110 Å². The SMILES string of the molecule is CC(CNCCc1nccn1C)CN1CCCC1. The molecule has 1 unspecified atom stereocenters. The van der Waals surface area contributed by atoms with Crippen molar-refractivity contribution in [2.24, 2.45) is 13.0 Å². The molecule has 1 saturated heterocycles. The van der Waals surface area contributed by atoms with Crippen LogP contribution in [0.1, 0.15) is 25.6 Å². The van der Waals surface area contributed by atoms with Crippen LogP contribution in [0, 0.1) is 5.92 Å². The average Bonchev–Trinajstić information content (AvgIpc) is 2.97. The molecule has 0 bridgehead atoms. The molecule has 0 radical (unpaired) electrons. The molecule has 1 aliphatic rings. The van der Waals surface area contributed by atoms with Gasteiger partial charge in [-0.15, -0.1) is 0 Å². The Balaban J connectivity index is 1.56. The summed E-state index contributed by atoms with van der Waals surface area (Å²) in [6.07, 6.45) is 7.66. The first-order chi connectivity index (χ1) is 8.75. The van der Waals surface area contributed by atoms with E-state index in [-0.39, 0.29) is 0 Å². The number of nitrogens with zero attached hydrogens (tertiary/aromatic N) is 3. The molecular formula is C14H26N4. The van der Waals surface area contributed by atoms with Gasteiger partial charge < -0.3 is 14.8 Å². The highest BCUT2D eigenvalue weighted by Gasteiger charge is 2.14. The average molecular weight is 250 g/mol. The lowest BCUT2D eigenvalue weighted by Gasteiger charge is -2.20. The van der Waals surface area contributed by atoms with Gasteiger partial charge in [0.15, 0.2) is 0 Å². The van der Waals surface area contributed by atoms with Gasteiger partial charge in [0.1, 0.15) is 5.82 Å². The highest BCUT2D eigenvalue weighted by Crippen LogP contribution is 2.09. The van der Waals surface area contributed by atoms with Gasteiger partial charge in [-0.25, -0.2) is 4.98 Å². The predicted octanol–water partition coefficient (Wildman–Crippen LogP) is 1.28. The fourth-order valence-electron chi connectivity index (χ4n) is 2.66. The van der Waals surface area contributed by atoms with Crippen molar-refractivity contribution < 1.29 is 0 Å². The van der Waals surface area contributed by atoms with Crippen LogP contribution < -0.4 is 5.32 Å². The van der Waals surface area contributed by atoms with Gasteiger partial charge in [0, 0.05) is 39.0 Å². The number of hydrogen-bond donors (Lipinski definition) is 1. The molecule has 102 valence electrons. The van der Waals surface area contributed by atoms with Crippen LogP contribution in [-0.4, -0.2) is 47.2 Å². The smallest absolute Gasteiger partial charge is 0.109 e. The minimum absolute atomic E-state index is 0.740. The fourth-order valence-corrected chi connectivity index (χ4v) is 2.66. The molecule has 4 nitrogen and oxygen atoms in total. The number of nitrogens with one attached hydrogen (secondary N) is 1. The van der Waals surface area contributed by atoms with Crippen molar-refractivity contribution in [1.29, 1.82) is 0 Å². The van der Waals surface area contributed by atoms with Crippen LogP contribution in [0.3, 0.4) is 0 Å². The topological polar surface area (TPSA) is 33.1 Å². The van der Waals surface area contributed by atoms with Crippen LogP contribution >= 0.6 is 0 Å². The highest BCUT2D eigenvalue weighted by molar-refractivity contribution is 4.91. The van der Waals surface area contributed by atoms with Gasteiger partial charge in [0.25, 0.3) is 0 Å². The summed E-state index contributed by atoms with van der Waals surface area (Å²) in [5.74, 6) is 1.90. The second-order valence-electron chi connectivity index (χ2n) is 5.52. The van der Waals surface area contributed by atoms with Gasteiger partial charge in [-0.05, 0) is 38.4 Å². The Kier molecular flexibility index (Phi) is 5.20. The molecule has 1 aromatic rings. The number of imidazole rings is 1. The Hall–Kier alpha value is -0.870. The van der Waals surface area contributed by atoms with Crippen molar-refractivity contribution in [2.45, 2.75) is 26.2 Å². The highest BCUT2D eigenvalue weighted by atomic mass is 15.1. The van der Waals surface area contributed by atoms with Crippen LogP contribution in [0.25, 0.3) is 0 Å². The van der Waals surface area contributed by atoms with Crippen molar-refractivity contribution in [3.8, 4) is 0 Å². The number of aryl methyl sites for hydroxylation is 1. The molecule has 1 aliphatic heterocycles. The van der Waals surface area contributed by atoms with Gasteiger partial charge in [-0.2, -0.15) is 0 Å². The van der Waals surface area contributed by atoms with Crippen molar-refractivity contribution in [3.63, 3.8) is 0 Å². The van der Waals surface area contributed by atoms with Crippen LogP contribution in [0.15, 0.2) is 12.4 Å². The minimum Gasteiger partial charge on any atom is -0.338 e. The molecule has 1 atom stereocenters. The lowest BCUT2D eigenvalue weighted by molar-refractivity contribution is 0.283. The molecule has 0 amide bonds. The van der Waals surface area contributed by atoms with E-state index in [0.29, 0.717) is 0 Å². The number of hydrogen-bond acceptors (Lipinski definition) is 3. The maximum atomic E-state index is 4.33. The fraction of sp³-hybridized carbons (Fsp3) is 0.786. The van der Waals surface area contributed by atoms with Crippen LogP contribution in [-0.2, 0) is 13.5 Å². The summed E-state index contributed by atoms with van der Waals surface area (Å²) in [5, 5.41) is 3.54. The summed E-state index contributed by atoms with van der Waals surface area (Å²) < 4.78 is 2.09. The maximum Gasteiger partial charge on any atom is 0.109 e. The van der Waals surface area contributed by atoms with E-state index >= 15 is 0 Å². The van der Waals surface area contributed by atoms with Crippen LogP contribution in [0.4, 0.5) is 0 Å². The van der Waals surface area contributed by atoms with Gasteiger partial charge in [0.2, 0.25) is 0 Å². The van der Waals surface area contributed by atoms with Gasteiger partial charge >= 0.3 is 0 Å². The molecule has 2 heterocycles. The normalized spacial score (nSPS) is 18.3. The lowest BCUT2D eigenvalue weighted by atomic mass is 10.1. The summed E-state index contributed by atoms with van der Waals surface area (Å²) >= 11 is 0. The maximum absolute atomic E-state index is 4.33. The molecule has 1 aromatic heterocycles. The van der Waals surface area contributed by atoms with Gasteiger partial charge in [-0.1, -0.05) is 6.92 Å². The summed E-state index contributed by atoms with van der Waals surface area (Å²) in [7, 11) is 2.05. The molecule has 0 aliphatic carbocycles. The lowest BCUT2D eigenvalue weighted by Crippen LogP contribution is -2.32. The van der Waals surface area contributed by atoms with E-state index in [1.165, 1.54) is 32.5 Å². The number of aromatic nitrogens is 2. The molecular weight excluding hydrogens is 224 g/mol. The Morgan fingerprint density at radius 3 is 2.83 bits per heavy atom. The Morgan fingerprint density at radius 1 is 1.39 bits per heavy atom. The second kappa shape index (κ2) is 6.90. The minimum atomic E-state index is 0.740. The molecule has 0 saturated carbocycles. The third-order valence-electron chi connectivity index (χ3n) is 3.71. The van der Waals surface area contributed by atoms with Gasteiger partial charge in [0.05, 0.1) is 0 Å². The van der Waals surface area contributed by atoms with Crippen LogP contribution in [0.2, 0.25) is 0 Å². The van der Waals surface area contributed by atoms with Crippen molar-refractivity contribution in [2.75, 3.05) is 32.7 Å². The van der Waals surface area contributed by atoms with E-state index in [2.05, 4.69) is 33.7 Å². The largest absolute Gasteiger partial charge is 0.338 e. The molecule has 1 fully saturated rings.